The van der Waals surface area contributed by atoms with Gasteiger partial charge in [-0.05, 0) is 69.0 Å². The number of rotatable bonds is 4. The number of fused-ring (bicyclic) bond motifs is 3. The van der Waals surface area contributed by atoms with Gasteiger partial charge in [0, 0.05) is 36.8 Å². The fraction of sp³-hybridized carbons (Fsp3) is 0.500. The Balaban J connectivity index is 2.02. The summed E-state index contributed by atoms with van der Waals surface area (Å²) in [5, 5.41) is 34.2. The molecule has 188 valence electrons. The van der Waals surface area contributed by atoms with Crippen LogP contribution in [-0.2, 0) is 27.2 Å². The Kier molecular flexibility index (Phi) is 5.84. The highest BCUT2D eigenvalue weighted by atomic mass is 16.3. The summed E-state index contributed by atoms with van der Waals surface area (Å²) in [6.45, 7) is 3.92. The van der Waals surface area contributed by atoms with Crippen LogP contribution in [-0.4, -0.2) is 77.5 Å². The van der Waals surface area contributed by atoms with E-state index in [1.165, 1.54) is 4.90 Å². The van der Waals surface area contributed by atoms with Crippen LogP contribution < -0.4 is 10.6 Å². The number of aliphatic hydroxyl groups excluding tert-OH is 2. The highest BCUT2D eigenvalue weighted by Gasteiger charge is 2.64. The third kappa shape index (κ3) is 3.25. The third-order valence-electron chi connectivity index (χ3n) is 7.89. The first kappa shape index (κ1) is 24.9. The van der Waals surface area contributed by atoms with Crippen molar-refractivity contribution in [2.24, 2.45) is 17.6 Å². The number of hydrogen-bond donors (Lipinski definition) is 4. The van der Waals surface area contributed by atoms with Crippen molar-refractivity contribution in [1.82, 2.24) is 4.90 Å². The van der Waals surface area contributed by atoms with E-state index in [1.807, 2.05) is 32.8 Å². The topological polar surface area (TPSA) is 144 Å². The Morgan fingerprint density at radius 1 is 1.20 bits per heavy atom. The van der Waals surface area contributed by atoms with Crippen molar-refractivity contribution in [1.29, 1.82) is 0 Å². The molecule has 0 spiro atoms. The van der Waals surface area contributed by atoms with Gasteiger partial charge >= 0.3 is 0 Å². The smallest absolute Gasteiger partial charge is 0.255 e. The number of nitrogens with zero attached hydrogens (tertiary/aromatic N) is 2. The van der Waals surface area contributed by atoms with Gasteiger partial charge in [0.2, 0.25) is 5.78 Å². The second-order valence-electron chi connectivity index (χ2n) is 10.3. The van der Waals surface area contributed by atoms with Crippen molar-refractivity contribution in [3.8, 4) is 0 Å². The SMILES string of the molecule is CCc1c(C)cc(N(C)C)c2c1C(O)=C1C(=O)C3(O)C(O)=C(C(N)=O)C(=O)C(N(C)C)[C@@H]3CC1C2. The number of Topliss-reactive ketones (excluding diaryl/α,β-unsaturated/α-hetero) is 2. The fourth-order valence-electron chi connectivity index (χ4n) is 6.37. The molecule has 9 nitrogen and oxygen atoms in total. The molecule has 0 heterocycles. The van der Waals surface area contributed by atoms with Gasteiger partial charge in [-0.3, -0.25) is 19.3 Å². The lowest BCUT2D eigenvalue weighted by atomic mass is 9.57. The molecule has 4 rings (SSSR count). The van der Waals surface area contributed by atoms with E-state index in [1.54, 1.807) is 14.1 Å². The Morgan fingerprint density at radius 3 is 2.34 bits per heavy atom. The van der Waals surface area contributed by atoms with E-state index in [0.29, 0.717) is 18.4 Å². The van der Waals surface area contributed by atoms with Gasteiger partial charge in [0.25, 0.3) is 5.91 Å². The molecule has 3 aliphatic rings. The van der Waals surface area contributed by atoms with E-state index < -0.39 is 52.3 Å². The minimum absolute atomic E-state index is 0.0171. The van der Waals surface area contributed by atoms with E-state index in [2.05, 4.69) is 6.07 Å². The van der Waals surface area contributed by atoms with Crippen LogP contribution in [0.25, 0.3) is 5.76 Å². The van der Waals surface area contributed by atoms with Gasteiger partial charge < -0.3 is 26.0 Å². The molecule has 0 bridgehead atoms. The fourth-order valence-corrected chi connectivity index (χ4v) is 6.37. The Bertz CT molecular complexity index is 1230. The number of carbonyl (C=O) groups is 3. The quantitative estimate of drug-likeness (QED) is 0.468. The molecule has 4 atom stereocenters. The highest BCUT2D eigenvalue weighted by Crippen LogP contribution is 2.53. The second kappa shape index (κ2) is 8.20. The summed E-state index contributed by atoms with van der Waals surface area (Å²) < 4.78 is 0. The maximum absolute atomic E-state index is 13.9. The third-order valence-corrected chi connectivity index (χ3v) is 7.89. The monoisotopic (exact) mass is 483 g/mol. The van der Waals surface area contributed by atoms with E-state index in [4.69, 9.17) is 5.73 Å². The summed E-state index contributed by atoms with van der Waals surface area (Å²) in [4.78, 5) is 42.7. The van der Waals surface area contributed by atoms with Crippen LogP contribution in [0.15, 0.2) is 23.0 Å². The van der Waals surface area contributed by atoms with Crippen molar-refractivity contribution in [3.63, 3.8) is 0 Å². The van der Waals surface area contributed by atoms with Crippen molar-refractivity contribution in [3.05, 3.63) is 45.2 Å². The molecule has 9 heteroatoms. The van der Waals surface area contributed by atoms with E-state index >= 15 is 0 Å². The highest BCUT2D eigenvalue weighted by molar-refractivity contribution is 6.24. The molecule has 35 heavy (non-hydrogen) atoms. The van der Waals surface area contributed by atoms with Gasteiger partial charge in [0.05, 0.1) is 6.04 Å². The van der Waals surface area contributed by atoms with Crippen LogP contribution in [0.4, 0.5) is 5.69 Å². The number of benzene rings is 1. The minimum atomic E-state index is -2.55. The molecule has 1 fully saturated rings. The van der Waals surface area contributed by atoms with Crippen molar-refractivity contribution < 1.29 is 29.7 Å². The van der Waals surface area contributed by atoms with Gasteiger partial charge in [-0.15, -0.1) is 0 Å². The summed E-state index contributed by atoms with van der Waals surface area (Å²) >= 11 is 0. The molecule has 0 saturated heterocycles. The summed E-state index contributed by atoms with van der Waals surface area (Å²) in [6.07, 6.45) is 1.20. The van der Waals surface area contributed by atoms with E-state index in [9.17, 15) is 29.7 Å². The summed E-state index contributed by atoms with van der Waals surface area (Å²) in [7, 11) is 7.04. The van der Waals surface area contributed by atoms with Gasteiger partial charge in [0.1, 0.15) is 17.1 Å². The molecule has 1 amide bonds. The van der Waals surface area contributed by atoms with Crippen LogP contribution in [0.5, 0.6) is 0 Å². The Morgan fingerprint density at radius 2 is 1.83 bits per heavy atom. The van der Waals surface area contributed by atoms with Crippen molar-refractivity contribution in [2.75, 3.05) is 33.1 Å². The predicted molar refractivity (Wildman–Crippen MR) is 131 cm³/mol. The number of aryl methyl sites for hydroxylation is 1. The number of anilines is 1. The molecule has 3 unspecified atom stereocenters. The van der Waals surface area contributed by atoms with Gasteiger partial charge in [-0.1, -0.05) is 6.92 Å². The van der Waals surface area contributed by atoms with Gasteiger partial charge in [-0.2, -0.15) is 0 Å². The lowest BCUT2D eigenvalue weighted by molar-refractivity contribution is -0.153. The zero-order valence-corrected chi connectivity index (χ0v) is 21.0. The normalized spacial score (nSPS) is 28.2. The molecule has 1 saturated carbocycles. The van der Waals surface area contributed by atoms with Gasteiger partial charge in [-0.25, -0.2) is 0 Å². The maximum Gasteiger partial charge on any atom is 0.255 e. The maximum atomic E-state index is 13.9. The number of aliphatic hydroxyl groups is 3. The average Bonchev–Trinajstić information content (AvgIpc) is 2.75. The number of amides is 1. The summed E-state index contributed by atoms with van der Waals surface area (Å²) in [5.41, 5.74) is 6.35. The summed E-state index contributed by atoms with van der Waals surface area (Å²) in [6, 6.07) is 1.02. The zero-order valence-electron chi connectivity index (χ0n) is 21.0. The standard InChI is InChI=1S/C26H33N3O6/c1-7-13-11(2)8-16(28(3)4)14-9-12-10-15-20(29(5)6)22(31)19(25(27)34)24(33)26(15,35)23(32)17(12)21(30)18(13)14/h8,12,15,20,30,33,35H,7,9-10H2,1-6H3,(H2,27,34)/t12?,15-,20?,26?/m0/s1. The van der Waals surface area contributed by atoms with Crippen LogP contribution in [0, 0.1) is 18.8 Å². The van der Waals surface area contributed by atoms with Crippen LogP contribution in [0.2, 0.25) is 0 Å². The van der Waals surface area contributed by atoms with Crippen LogP contribution in [0.1, 0.15) is 35.6 Å². The molecule has 3 aliphatic carbocycles. The van der Waals surface area contributed by atoms with Gasteiger partial charge in [0.15, 0.2) is 11.4 Å². The number of likely N-dealkylation sites (N-methyl/N-ethyl adjacent to an activating group) is 1. The number of nitrogens with two attached hydrogens (primary N) is 1. The van der Waals surface area contributed by atoms with E-state index in [0.717, 1.165) is 22.4 Å². The van der Waals surface area contributed by atoms with Crippen LogP contribution in [0.3, 0.4) is 0 Å². The number of ketones is 2. The number of primary amides is 1. The minimum Gasteiger partial charge on any atom is -0.508 e. The molecule has 1 aromatic carbocycles. The lowest BCUT2D eigenvalue weighted by Crippen LogP contribution is -2.65. The molecule has 0 aliphatic heterocycles. The van der Waals surface area contributed by atoms with Crippen molar-refractivity contribution >= 4 is 28.9 Å². The van der Waals surface area contributed by atoms with E-state index in [-0.39, 0.29) is 17.8 Å². The largest absolute Gasteiger partial charge is 0.508 e. The van der Waals surface area contributed by atoms with Crippen molar-refractivity contribution in [2.45, 2.75) is 44.8 Å². The first-order chi connectivity index (χ1) is 16.3. The Labute approximate surface area is 204 Å². The number of hydrogen-bond acceptors (Lipinski definition) is 8. The first-order valence-corrected chi connectivity index (χ1v) is 11.8. The van der Waals surface area contributed by atoms with Crippen LogP contribution >= 0.6 is 0 Å². The number of carbonyl (C=O) groups excluding carboxylic acids is 3. The molecular weight excluding hydrogens is 450 g/mol. The zero-order chi connectivity index (χ0) is 26.1. The Hall–Kier alpha value is -3.17. The lowest BCUT2D eigenvalue weighted by Gasteiger charge is -2.50. The summed E-state index contributed by atoms with van der Waals surface area (Å²) in [5.74, 6) is -5.59. The molecule has 1 aromatic rings. The molecule has 0 radical (unpaired) electrons. The molecule has 5 N–H and O–H groups in total. The molecular formula is C26H33N3O6. The molecule has 0 aromatic heterocycles. The predicted octanol–water partition coefficient (Wildman–Crippen LogP) is 1.20. The second-order valence-corrected chi connectivity index (χ2v) is 10.3. The average molecular weight is 484 g/mol. The first-order valence-electron chi connectivity index (χ1n) is 11.8.